The van der Waals surface area contributed by atoms with Crippen molar-refractivity contribution in [1.29, 1.82) is 0 Å². The molecule has 0 saturated heterocycles. The van der Waals surface area contributed by atoms with E-state index in [1.54, 1.807) is 18.2 Å². The molecule has 5 heteroatoms. The van der Waals surface area contributed by atoms with E-state index in [-0.39, 0.29) is 18.4 Å². The van der Waals surface area contributed by atoms with Gasteiger partial charge in [-0.25, -0.2) is 0 Å². The summed E-state index contributed by atoms with van der Waals surface area (Å²) in [7, 11) is 0. The first-order valence-corrected chi connectivity index (χ1v) is 10.3. The number of benzene rings is 3. The van der Waals surface area contributed by atoms with Gasteiger partial charge in [0.2, 0.25) is 0 Å². The molecule has 2 N–H and O–H groups in total. The van der Waals surface area contributed by atoms with Crippen LogP contribution in [0.25, 0.3) is 0 Å². The Labute approximate surface area is 182 Å². The van der Waals surface area contributed by atoms with E-state index in [4.69, 9.17) is 16.3 Å². The van der Waals surface area contributed by atoms with E-state index in [0.29, 0.717) is 27.6 Å². The van der Waals surface area contributed by atoms with Gasteiger partial charge in [0.25, 0.3) is 5.91 Å². The van der Waals surface area contributed by atoms with Crippen LogP contribution in [0.5, 0.6) is 5.75 Å². The average Bonchev–Trinajstić information content (AvgIpc) is 2.73. The lowest BCUT2D eigenvalue weighted by atomic mass is 10.00. The summed E-state index contributed by atoms with van der Waals surface area (Å²) in [5, 5.41) is 14.1. The molecule has 1 atom stereocenters. The molecule has 30 heavy (non-hydrogen) atoms. The van der Waals surface area contributed by atoms with E-state index < -0.39 is 6.10 Å². The molecule has 156 valence electrons. The maximum atomic E-state index is 12.6. The lowest BCUT2D eigenvalue weighted by Gasteiger charge is -2.18. The normalized spacial score (nSPS) is 11.9. The number of rotatable bonds is 7. The highest BCUT2D eigenvalue weighted by atomic mass is 35.5. The molecule has 0 unspecified atom stereocenters. The molecule has 4 nitrogen and oxygen atoms in total. The summed E-state index contributed by atoms with van der Waals surface area (Å²) in [5.41, 5.74) is 3.87. The van der Waals surface area contributed by atoms with E-state index in [1.807, 2.05) is 55.5 Å². The monoisotopic (exact) mass is 423 g/mol. The molecule has 0 radical (unpaired) electrons. The van der Waals surface area contributed by atoms with Crippen LogP contribution in [0.15, 0.2) is 66.7 Å². The quantitative estimate of drug-likeness (QED) is 0.499. The number of halogens is 1. The van der Waals surface area contributed by atoms with Gasteiger partial charge in [-0.1, -0.05) is 67.9 Å². The summed E-state index contributed by atoms with van der Waals surface area (Å²) >= 11 is 6.14. The molecule has 3 aromatic carbocycles. The second-order valence-electron chi connectivity index (χ2n) is 7.58. The van der Waals surface area contributed by atoms with Crippen molar-refractivity contribution >= 4 is 23.2 Å². The van der Waals surface area contributed by atoms with Crippen LogP contribution in [0.3, 0.4) is 0 Å². The molecular weight excluding hydrogens is 398 g/mol. The number of nitrogens with one attached hydrogen (secondary N) is 1. The Morgan fingerprint density at radius 2 is 1.77 bits per heavy atom. The van der Waals surface area contributed by atoms with E-state index in [2.05, 4.69) is 19.2 Å². The van der Waals surface area contributed by atoms with Crippen molar-refractivity contribution in [2.75, 3.05) is 11.9 Å². The molecule has 0 heterocycles. The van der Waals surface area contributed by atoms with Crippen LogP contribution >= 0.6 is 11.6 Å². The van der Waals surface area contributed by atoms with Gasteiger partial charge in [0.15, 0.2) is 6.61 Å². The molecule has 0 aliphatic carbocycles. The summed E-state index contributed by atoms with van der Waals surface area (Å²) in [6.45, 7) is 6.03. The largest absolute Gasteiger partial charge is 0.483 e. The van der Waals surface area contributed by atoms with Crippen LogP contribution in [0, 0.1) is 6.92 Å². The van der Waals surface area contributed by atoms with E-state index in [9.17, 15) is 9.90 Å². The van der Waals surface area contributed by atoms with Gasteiger partial charge in [-0.15, -0.1) is 0 Å². The van der Waals surface area contributed by atoms with Gasteiger partial charge in [-0.3, -0.25) is 4.79 Å². The van der Waals surface area contributed by atoms with Crippen molar-refractivity contribution in [3.8, 4) is 5.75 Å². The molecular formula is C25H26ClNO3. The minimum absolute atomic E-state index is 0.132. The lowest BCUT2D eigenvalue weighted by molar-refractivity contribution is -0.118. The fourth-order valence-electron chi connectivity index (χ4n) is 3.26. The number of carbonyl (C=O) groups excluding carboxylic acids is 1. The van der Waals surface area contributed by atoms with Crippen molar-refractivity contribution < 1.29 is 14.6 Å². The van der Waals surface area contributed by atoms with Crippen molar-refractivity contribution in [3.63, 3.8) is 0 Å². The topological polar surface area (TPSA) is 58.6 Å². The minimum atomic E-state index is -0.912. The lowest BCUT2D eigenvalue weighted by Crippen LogP contribution is -2.22. The fraction of sp³-hybridized carbons (Fsp3) is 0.240. The Morgan fingerprint density at radius 3 is 2.47 bits per heavy atom. The smallest absolute Gasteiger partial charge is 0.262 e. The van der Waals surface area contributed by atoms with Crippen LogP contribution < -0.4 is 10.1 Å². The van der Waals surface area contributed by atoms with Crippen molar-refractivity contribution in [2.24, 2.45) is 0 Å². The van der Waals surface area contributed by atoms with E-state index in [0.717, 1.165) is 11.1 Å². The summed E-state index contributed by atoms with van der Waals surface area (Å²) < 4.78 is 5.82. The predicted octanol–water partition coefficient (Wildman–Crippen LogP) is 5.87. The first-order chi connectivity index (χ1) is 14.3. The number of hydrogen-bond donors (Lipinski definition) is 2. The third-order valence-electron chi connectivity index (χ3n) is 4.85. The van der Waals surface area contributed by atoms with Crippen LogP contribution in [-0.2, 0) is 4.79 Å². The summed E-state index contributed by atoms with van der Waals surface area (Å²) in [6.07, 6.45) is -0.912. The SMILES string of the molecule is Cc1ccc(C(C)C)c(OCC(=O)Nc2ccc(Cl)cc2[C@H](O)c2ccccc2)c1. The Bertz CT molecular complexity index is 1020. The second-order valence-corrected chi connectivity index (χ2v) is 8.01. The Morgan fingerprint density at radius 1 is 1.03 bits per heavy atom. The van der Waals surface area contributed by atoms with Gasteiger partial charge < -0.3 is 15.2 Å². The number of ether oxygens (including phenoxy) is 1. The molecule has 3 rings (SSSR count). The second kappa shape index (κ2) is 9.79. The highest BCUT2D eigenvalue weighted by Crippen LogP contribution is 2.31. The summed E-state index contributed by atoms with van der Waals surface area (Å²) in [5.74, 6) is 0.684. The number of aryl methyl sites for hydroxylation is 1. The number of amides is 1. The Kier molecular flexibility index (Phi) is 7.14. The number of hydrogen-bond acceptors (Lipinski definition) is 3. The molecule has 0 aromatic heterocycles. The van der Waals surface area contributed by atoms with Crippen molar-refractivity contribution in [2.45, 2.75) is 32.8 Å². The Balaban J connectivity index is 1.76. The molecule has 0 fully saturated rings. The van der Waals surface area contributed by atoms with Crippen molar-refractivity contribution in [3.05, 3.63) is 94.0 Å². The summed E-state index contributed by atoms with van der Waals surface area (Å²) in [4.78, 5) is 12.6. The Hall–Kier alpha value is -2.82. The fourth-order valence-corrected chi connectivity index (χ4v) is 3.44. The van der Waals surface area contributed by atoms with Crippen LogP contribution in [-0.4, -0.2) is 17.6 Å². The standard InChI is InChI=1S/C25H26ClNO3/c1-16(2)20-11-9-17(3)13-23(20)30-15-24(28)27-22-12-10-19(26)14-21(22)25(29)18-7-5-4-6-8-18/h4-14,16,25,29H,15H2,1-3H3,(H,27,28)/t25-/m1/s1. The predicted molar refractivity (Wildman–Crippen MR) is 121 cm³/mol. The molecule has 1 amide bonds. The number of anilines is 1. The van der Waals surface area contributed by atoms with Crippen LogP contribution in [0.1, 0.15) is 48.1 Å². The molecule has 3 aromatic rings. The number of carbonyl (C=O) groups is 1. The van der Waals surface area contributed by atoms with Gasteiger partial charge in [0, 0.05) is 16.3 Å². The van der Waals surface area contributed by atoms with E-state index >= 15 is 0 Å². The average molecular weight is 424 g/mol. The number of aliphatic hydroxyl groups is 1. The first kappa shape index (κ1) is 21.9. The van der Waals surface area contributed by atoms with Gasteiger partial charge in [-0.05, 0) is 53.8 Å². The zero-order valence-corrected chi connectivity index (χ0v) is 18.1. The molecule has 0 aliphatic rings. The molecule has 0 aliphatic heterocycles. The number of aliphatic hydroxyl groups excluding tert-OH is 1. The van der Waals surface area contributed by atoms with Crippen LogP contribution in [0.2, 0.25) is 5.02 Å². The zero-order valence-electron chi connectivity index (χ0n) is 17.4. The van der Waals surface area contributed by atoms with Gasteiger partial charge in [0.05, 0.1) is 0 Å². The minimum Gasteiger partial charge on any atom is -0.483 e. The maximum absolute atomic E-state index is 12.6. The van der Waals surface area contributed by atoms with Crippen molar-refractivity contribution in [1.82, 2.24) is 0 Å². The van der Waals surface area contributed by atoms with E-state index in [1.165, 1.54) is 0 Å². The molecule has 0 saturated carbocycles. The molecule has 0 bridgehead atoms. The zero-order chi connectivity index (χ0) is 21.7. The highest BCUT2D eigenvalue weighted by molar-refractivity contribution is 6.30. The summed E-state index contributed by atoms with van der Waals surface area (Å²) in [6, 6.07) is 20.3. The highest BCUT2D eigenvalue weighted by Gasteiger charge is 2.17. The van der Waals surface area contributed by atoms with Crippen LogP contribution in [0.4, 0.5) is 5.69 Å². The third-order valence-corrected chi connectivity index (χ3v) is 5.08. The van der Waals surface area contributed by atoms with Gasteiger partial charge in [0.1, 0.15) is 11.9 Å². The maximum Gasteiger partial charge on any atom is 0.262 e. The van der Waals surface area contributed by atoms with Gasteiger partial charge in [-0.2, -0.15) is 0 Å². The first-order valence-electron chi connectivity index (χ1n) is 9.91. The van der Waals surface area contributed by atoms with Gasteiger partial charge >= 0.3 is 0 Å². The molecule has 0 spiro atoms. The third kappa shape index (κ3) is 5.41.